The normalized spacial score (nSPS) is 13.6. The van der Waals surface area contributed by atoms with Gasteiger partial charge in [-0.3, -0.25) is 0 Å². The molecule has 198 valence electrons. The molecule has 4 rings (SSSR count). The van der Waals surface area contributed by atoms with Crippen LogP contribution >= 0.6 is 0 Å². The zero-order valence-electron chi connectivity index (χ0n) is 23.3. The molecule has 0 saturated carbocycles. The van der Waals surface area contributed by atoms with Crippen molar-refractivity contribution < 1.29 is 0 Å². The molecule has 0 atom stereocenters. The summed E-state index contributed by atoms with van der Waals surface area (Å²) in [4.78, 5) is 13.5. The molecular formula is C31H44N6. The molecule has 37 heavy (non-hydrogen) atoms. The van der Waals surface area contributed by atoms with Gasteiger partial charge in [-0.05, 0) is 42.0 Å². The third kappa shape index (κ3) is 9.71. The van der Waals surface area contributed by atoms with E-state index in [4.69, 9.17) is 5.10 Å². The molecule has 2 heterocycles. The van der Waals surface area contributed by atoms with E-state index in [2.05, 4.69) is 91.9 Å². The van der Waals surface area contributed by atoms with Crippen LogP contribution in [0.4, 0.5) is 5.95 Å². The zero-order chi connectivity index (χ0) is 26.7. The number of amidine groups is 1. The molecule has 0 bridgehead atoms. The fraction of sp³-hybridized carbons (Fsp3) is 0.387. The molecule has 1 aliphatic rings. The molecule has 1 aromatic heterocycles. The standard InChI is InChI=1S/C27H32N6.2C2H6/c1-28-31-26(32-19-21-33(22-20-32)27-29-17-8-18-30-27)25(15-13-23-9-4-2-5-10-23)16-14-24-11-6-3-7-12-24;2*1-2/h2-12,15,17-18,28H,13-14,16,19-22H2,1H3;2*1-2H3/b25-15-,31-26+;;. The van der Waals surface area contributed by atoms with Gasteiger partial charge in [-0.25, -0.2) is 9.97 Å². The first-order chi connectivity index (χ1) is 18.3. The number of hydrogen-bond donors (Lipinski definition) is 1. The average Bonchev–Trinajstić information content (AvgIpc) is 3.00. The number of aryl methyl sites for hydroxylation is 1. The van der Waals surface area contributed by atoms with Crippen molar-refractivity contribution in [2.45, 2.75) is 47.0 Å². The summed E-state index contributed by atoms with van der Waals surface area (Å²) in [6, 6.07) is 23.1. The van der Waals surface area contributed by atoms with Crippen LogP contribution in [0.2, 0.25) is 0 Å². The van der Waals surface area contributed by atoms with Gasteiger partial charge in [0.15, 0.2) is 5.84 Å². The van der Waals surface area contributed by atoms with Crippen molar-refractivity contribution in [3.63, 3.8) is 0 Å². The van der Waals surface area contributed by atoms with Gasteiger partial charge in [0, 0.05) is 45.6 Å². The van der Waals surface area contributed by atoms with Crippen molar-refractivity contribution >= 4 is 11.8 Å². The summed E-state index contributed by atoms with van der Waals surface area (Å²) < 4.78 is 0. The number of allylic oxidation sites excluding steroid dienone is 1. The summed E-state index contributed by atoms with van der Waals surface area (Å²) >= 11 is 0. The Labute approximate surface area is 224 Å². The maximum Gasteiger partial charge on any atom is 0.225 e. The fourth-order valence-corrected chi connectivity index (χ4v) is 4.11. The lowest BCUT2D eigenvalue weighted by atomic mass is 10.0. The van der Waals surface area contributed by atoms with Gasteiger partial charge in [-0.1, -0.05) is 94.4 Å². The highest BCUT2D eigenvalue weighted by atomic mass is 15.4. The quantitative estimate of drug-likeness (QED) is 0.234. The number of aromatic nitrogens is 2. The maximum atomic E-state index is 4.75. The van der Waals surface area contributed by atoms with Crippen LogP contribution in [0.3, 0.4) is 0 Å². The van der Waals surface area contributed by atoms with Gasteiger partial charge >= 0.3 is 0 Å². The number of nitrogens with one attached hydrogen (secondary N) is 1. The van der Waals surface area contributed by atoms with Crippen molar-refractivity contribution in [2.75, 3.05) is 38.1 Å². The Morgan fingerprint density at radius 3 is 1.95 bits per heavy atom. The Kier molecular flexibility index (Phi) is 14.1. The minimum absolute atomic E-state index is 0.799. The van der Waals surface area contributed by atoms with E-state index in [1.165, 1.54) is 16.7 Å². The molecule has 0 aliphatic carbocycles. The molecule has 1 saturated heterocycles. The minimum Gasteiger partial charge on any atom is -0.351 e. The van der Waals surface area contributed by atoms with Crippen LogP contribution < -0.4 is 10.3 Å². The summed E-state index contributed by atoms with van der Waals surface area (Å²) in [7, 11) is 1.88. The van der Waals surface area contributed by atoms with E-state index in [1.54, 1.807) is 12.4 Å². The van der Waals surface area contributed by atoms with Crippen LogP contribution in [-0.4, -0.2) is 53.9 Å². The summed E-state index contributed by atoms with van der Waals surface area (Å²) in [6.07, 6.45) is 8.78. The van der Waals surface area contributed by atoms with Crippen LogP contribution in [-0.2, 0) is 12.8 Å². The second-order valence-corrected chi connectivity index (χ2v) is 8.09. The number of anilines is 1. The average molecular weight is 501 g/mol. The number of benzene rings is 2. The Bertz CT molecular complexity index is 1030. The third-order valence-corrected chi connectivity index (χ3v) is 5.87. The van der Waals surface area contributed by atoms with Gasteiger partial charge < -0.3 is 15.2 Å². The van der Waals surface area contributed by atoms with E-state index in [0.717, 1.165) is 57.2 Å². The molecule has 0 radical (unpaired) electrons. The van der Waals surface area contributed by atoms with Crippen LogP contribution in [0.25, 0.3) is 0 Å². The molecule has 1 fully saturated rings. The number of hydrazone groups is 1. The summed E-state index contributed by atoms with van der Waals surface area (Å²) in [5.41, 5.74) is 6.99. The van der Waals surface area contributed by atoms with E-state index in [9.17, 15) is 0 Å². The Hall–Kier alpha value is -3.67. The first kappa shape index (κ1) is 29.6. The van der Waals surface area contributed by atoms with Crippen molar-refractivity contribution in [1.29, 1.82) is 0 Å². The largest absolute Gasteiger partial charge is 0.351 e. The molecule has 0 spiro atoms. The monoisotopic (exact) mass is 500 g/mol. The van der Waals surface area contributed by atoms with Gasteiger partial charge in [0.25, 0.3) is 0 Å². The number of rotatable bonds is 8. The smallest absolute Gasteiger partial charge is 0.225 e. The van der Waals surface area contributed by atoms with E-state index in [0.29, 0.717) is 0 Å². The lowest BCUT2D eigenvalue weighted by Crippen LogP contribution is -2.50. The van der Waals surface area contributed by atoms with Gasteiger partial charge in [0.2, 0.25) is 5.95 Å². The number of hydrogen-bond acceptors (Lipinski definition) is 5. The molecule has 1 aliphatic heterocycles. The molecule has 6 nitrogen and oxygen atoms in total. The highest BCUT2D eigenvalue weighted by Crippen LogP contribution is 2.18. The van der Waals surface area contributed by atoms with E-state index in [1.807, 2.05) is 40.8 Å². The summed E-state index contributed by atoms with van der Waals surface area (Å²) in [5.74, 6) is 1.84. The highest BCUT2D eigenvalue weighted by Gasteiger charge is 2.23. The highest BCUT2D eigenvalue weighted by molar-refractivity contribution is 5.98. The molecular weight excluding hydrogens is 456 g/mol. The lowest BCUT2D eigenvalue weighted by Gasteiger charge is -2.37. The second-order valence-electron chi connectivity index (χ2n) is 8.09. The van der Waals surface area contributed by atoms with Crippen LogP contribution in [0.5, 0.6) is 0 Å². The molecule has 6 heteroatoms. The van der Waals surface area contributed by atoms with E-state index in [-0.39, 0.29) is 0 Å². The van der Waals surface area contributed by atoms with E-state index >= 15 is 0 Å². The van der Waals surface area contributed by atoms with Crippen LogP contribution in [0.1, 0.15) is 45.2 Å². The number of nitrogens with zero attached hydrogens (tertiary/aromatic N) is 5. The number of piperazine rings is 1. The van der Waals surface area contributed by atoms with Gasteiger partial charge in [0.05, 0.1) is 0 Å². The summed E-state index contributed by atoms with van der Waals surface area (Å²) in [6.45, 7) is 11.5. The van der Waals surface area contributed by atoms with Crippen molar-refractivity contribution in [3.8, 4) is 0 Å². The molecule has 0 unspecified atom stereocenters. The molecule has 2 aromatic carbocycles. The van der Waals surface area contributed by atoms with Crippen molar-refractivity contribution in [2.24, 2.45) is 5.10 Å². The molecule has 0 amide bonds. The summed E-state index contributed by atoms with van der Waals surface area (Å²) in [5, 5.41) is 4.75. The first-order valence-electron chi connectivity index (χ1n) is 13.6. The third-order valence-electron chi connectivity index (χ3n) is 5.87. The van der Waals surface area contributed by atoms with Crippen molar-refractivity contribution in [3.05, 3.63) is 102 Å². The SMILES string of the molecule is CC.CC.CN/N=C(\C(=C/Cc1ccccc1)CCc1ccccc1)N1CCN(c2ncccn2)CC1. The first-order valence-corrected chi connectivity index (χ1v) is 13.6. The van der Waals surface area contributed by atoms with Gasteiger partial charge in [0.1, 0.15) is 0 Å². The second kappa shape index (κ2) is 17.7. The lowest BCUT2D eigenvalue weighted by molar-refractivity contribution is 0.379. The molecule has 3 aromatic rings. The van der Waals surface area contributed by atoms with Gasteiger partial charge in [-0.2, -0.15) is 5.10 Å². The minimum atomic E-state index is 0.799. The predicted octanol–water partition coefficient (Wildman–Crippen LogP) is 5.99. The Morgan fingerprint density at radius 2 is 1.38 bits per heavy atom. The zero-order valence-corrected chi connectivity index (χ0v) is 23.3. The van der Waals surface area contributed by atoms with Crippen molar-refractivity contribution in [1.82, 2.24) is 20.3 Å². The van der Waals surface area contributed by atoms with Crippen LogP contribution in [0, 0.1) is 0 Å². The Morgan fingerprint density at radius 1 is 0.811 bits per heavy atom. The molecule has 1 N–H and O–H groups in total. The Balaban J connectivity index is 0.00000115. The topological polar surface area (TPSA) is 56.7 Å². The maximum absolute atomic E-state index is 4.75. The predicted molar refractivity (Wildman–Crippen MR) is 158 cm³/mol. The van der Waals surface area contributed by atoms with E-state index < -0.39 is 0 Å². The fourth-order valence-electron chi connectivity index (χ4n) is 4.11. The van der Waals surface area contributed by atoms with Crippen LogP contribution in [0.15, 0.2) is 95.9 Å². The van der Waals surface area contributed by atoms with Gasteiger partial charge in [-0.15, -0.1) is 0 Å².